The monoisotopic (exact) mass is 343 g/mol. The van der Waals surface area contributed by atoms with Crippen LogP contribution >= 0.6 is 0 Å². The van der Waals surface area contributed by atoms with Crippen LogP contribution in [-0.4, -0.2) is 46.2 Å². The van der Waals surface area contributed by atoms with E-state index in [0.29, 0.717) is 24.5 Å². The van der Waals surface area contributed by atoms with Crippen LogP contribution in [0.5, 0.6) is 0 Å². The number of amides is 2. The number of benzene rings is 1. The molecule has 0 unspecified atom stereocenters. The Kier molecular flexibility index (Phi) is 7.49. The summed E-state index contributed by atoms with van der Waals surface area (Å²) in [4.78, 5) is 22.5. The molecule has 0 bridgehead atoms. The van der Waals surface area contributed by atoms with Gasteiger partial charge in [0, 0.05) is 32.7 Å². The van der Waals surface area contributed by atoms with E-state index < -0.39 is 10.0 Å². The Morgan fingerprint density at radius 3 is 2.57 bits per heavy atom. The molecule has 0 saturated carbocycles. The Morgan fingerprint density at radius 2 is 1.91 bits per heavy atom. The smallest absolute Gasteiger partial charge is 0.233 e. The van der Waals surface area contributed by atoms with Crippen molar-refractivity contribution in [1.29, 1.82) is 0 Å². The van der Waals surface area contributed by atoms with Gasteiger partial charge in [0.1, 0.15) is 0 Å². The van der Waals surface area contributed by atoms with Gasteiger partial charge in [0.25, 0.3) is 0 Å². The van der Waals surface area contributed by atoms with Crippen molar-refractivity contribution in [2.45, 2.75) is 13.3 Å². The number of anilines is 2. The molecular weight excluding hydrogens is 322 g/mol. The minimum absolute atomic E-state index is 0.148. The molecule has 8 nitrogen and oxygen atoms in total. The topological polar surface area (TPSA) is 114 Å². The maximum absolute atomic E-state index is 12.0. The zero-order valence-corrected chi connectivity index (χ0v) is 13.9. The summed E-state index contributed by atoms with van der Waals surface area (Å²) in [5, 5.41) is 5.11. The predicted octanol–water partition coefficient (Wildman–Crippen LogP) is 0.539. The van der Waals surface area contributed by atoms with Gasteiger partial charge in [-0.1, -0.05) is 6.07 Å². The molecule has 9 heteroatoms. The fraction of sp³-hybridized carbons (Fsp3) is 0.429. The second-order valence-corrected chi connectivity index (χ2v) is 6.62. The Labute approximate surface area is 135 Å². The van der Waals surface area contributed by atoms with E-state index in [1.54, 1.807) is 18.2 Å². The summed E-state index contributed by atoms with van der Waals surface area (Å²) in [5.41, 5.74) is 0.797. The molecule has 3 N–H and O–H groups in total. The molecule has 23 heavy (non-hydrogen) atoms. The van der Waals surface area contributed by atoms with E-state index in [9.17, 15) is 18.0 Å². The van der Waals surface area contributed by atoms with Crippen LogP contribution in [0.25, 0.3) is 0 Å². The fourth-order valence-corrected chi connectivity index (χ4v) is 2.74. The molecule has 0 spiro atoms. The first kappa shape index (κ1) is 18.9. The lowest BCUT2D eigenvalue weighted by molar-refractivity contribution is -0.121. The summed E-state index contributed by atoms with van der Waals surface area (Å²) in [5.74, 6) is -0.951. The zero-order valence-electron chi connectivity index (χ0n) is 13.1. The van der Waals surface area contributed by atoms with E-state index in [4.69, 9.17) is 4.74 Å². The summed E-state index contributed by atoms with van der Waals surface area (Å²) in [7, 11) is -2.15. The number of hydrogen-bond acceptors (Lipinski definition) is 5. The average molecular weight is 343 g/mol. The largest absolute Gasteiger partial charge is 0.383 e. The van der Waals surface area contributed by atoms with Crippen molar-refractivity contribution in [3.8, 4) is 0 Å². The predicted molar refractivity (Wildman–Crippen MR) is 87.7 cm³/mol. The molecule has 0 heterocycles. The van der Waals surface area contributed by atoms with Crippen LogP contribution in [0.4, 0.5) is 11.4 Å². The lowest BCUT2D eigenvalue weighted by Crippen LogP contribution is -2.29. The highest BCUT2D eigenvalue weighted by molar-refractivity contribution is 7.92. The summed E-state index contributed by atoms with van der Waals surface area (Å²) in [6.07, 6.45) is -0.148. The molecule has 0 radical (unpaired) electrons. The van der Waals surface area contributed by atoms with E-state index in [0.717, 1.165) is 0 Å². The Bertz CT molecular complexity index is 646. The number of nitrogens with one attached hydrogen (secondary N) is 3. The van der Waals surface area contributed by atoms with Crippen molar-refractivity contribution in [2.75, 3.05) is 36.1 Å². The molecule has 0 atom stereocenters. The molecule has 1 aromatic carbocycles. The third-order valence-corrected chi connectivity index (χ3v) is 3.97. The number of carbonyl (C=O) groups is 2. The minimum atomic E-state index is -3.66. The standard InChI is InChI=1S/C14H21N3O5S/c1-11(18)16-12-4-3-5-13(10-12)17-23(20,21)9-6-14(19)15-7-8-22-2/h3-5,10,17H,6-9H2,1-2H3,(H,15,19)(H,16,18). The summed E-state index contributed by atoms with van der Waals surface area (Å²) in [6.45, 7) is 2.06. The lowest BCUT2D eigenvalue weighted by Gasteiger charge is -2.10. The highest BCUT2D eigenvalue weighted by Crippen LogP contribution is 2.16. The number of rotatable bonds is 9. The summed E-state index contributed by atoms with van der Waals surface area (Å²) >= 11 is 0. The lowest BCUT2D eigenvalue weighted by atomic mass is 10.3. The minimum Gasteiger partial charge on any atom is -0.383 e. The van der Waals surface area contributed by atoms with E-state index in [1.165, 1.54) is 20.1 Å². The van der Waals surface area contributed by atoms with Crippen LogP contribution in [0.1, 0.15) is 13.3 Å². The first-order chi connectivity index (χ1) is 10.8. The first-order valence-electron chi connectivity index (χ1n) is 6.96. The number of hydrogen-bond donors (Lipinski definition) is 3. The highest BCUT2D eigenvalue weighted by atomic mass is 32.2. The molecule has 2 amide bonds. The molecule has 0 fully saturated rings. The average Bonchev–Trinajstić information content (AvgIpc) is 2.45. The van der Waals surface area contributed by atoms with E-state index in [-0.39, 0.29) is 24.0 Å². The van der Waals surface area contributed by atoms with Crippen molar-refractivity contribution < 1.29 is 22.7 Å². The molecule has 0 aromatic heterocycles. The van der Waals surface area contributed by atoms with Crippen molar-refractivity contribution in [2.24, 2.45) is 0 Å². The SMILES string of the molecule is COCCNC(=O)CCS(=O)(=O)Nc1cccc(NC(C)=O)c1. The molecule has 0 aliphatic carbocycles. The molecule has 128 valence electrons. The van der Waals surface area contributed by atoms with Crippen molar-refractivity contribution in [3.63, 3.8) is 0 Å². The van der Waals surface area contributed by atoms with Gasteiger partial charge in [-0.3, -0.25) is 14.3 Å². The Morgan fingerprint density at radius 1 is 1.22 bits per heavy atom. The van der Waals surface area contributed by atoms with Gasteiger partial charge in [0.05, 0.1) is 18.0 Å². The van der Waals surface area contributed by atoms with Crippen LogP contribution in [0.2, 0.25) is 0 Å². The second kappa shape index (κ2) is 9.11. The molecule has 0 saturated heterocycles. The normalized spacial score (nSPS) is 10.9. The quantitative estimate of drug-likeness (QED) is 0.566. The maximum Gasteiger partial charge on any atom is 0.233 e. The van der Waals surface area contributed by atoms with Gasteiger partial charge in [-0.05, 0) is 18.2 Å². The van der Waals surface area contributed by atoms with Gasteiger partial charge in [-0.25, -0.2) is 8.42 Å². The number of methoxy groups -OCH3 is 1. The van der Waals surface area contributed by atoms with Crippen molar-refractivity contribution >= 4 is 33.2 Å². The third kappa shape index (κ3) is 8.17. The van der Waals surface area contributed by atoms with Crippen LogP contribution in [0.15, 0.2) is 24.3 Å². The first-order valence-corrected chi connectivity index (χ1v) is 8.61. The number of sulfonamides is 1. The molecular formula is C14H21N3O5S. The van der Waals surface area contributed by atoms with Crippen LogP contribution < -0.4 is 15.4 Å². The van der Waals surface area contributed by atoms with Crippen molar-refractivity contribution in [1.82, 2.24) is 5.32 Å². The number of carbonyl (C=O) groups excluding carboxylic acids is 2. The van der Waals surface area contributed by atoms with Crippen LogP contribution in [0.3, 0.4) is 0 Å². The zero-order chi connectivity index (χ0) is 17.3. The van der Waals surface area contributed by atoms with Gasteiger partial charge < -0.3 is 15.4 Å². The molecule has 0 aliphatic heterocycles. The molecule has 1 aromatic rings. The van der Waals surface area contributed by atoms with Gasteiger partial charge in [0.15, 0.2) is 0 Å². The van der Waals surface area contributed by atoms with Crippen molar-refractivity contribution in [3.05, 3.63) is 24.3 Å². The van der Waals surface area contributed by atoms with Gasteiger partial charge in [-0.15, -0.1) is 0 Å². The molecule has 0 aliphatic rings. The highest BCUT2D eigenvalue weighted by Gasteiger charge is 2.13. The summed E-state index contributed by atoms with van der Waals surface area (Å²) < 4.78 is 31.1. The third-order valence-electron chi connectivity index (χ3n) is 2.68. The van der Waals surface area contributed by atoms with E-state index in [2.05, 4.69) is 15.4 Å². The second-order valence-electron chi connectivity index (χ2n) is 4.78. The van der Waals surface area contributed by atoms with E-state index in [1.807, 2.05) is 0 Å². The van der Waals surface area contributed by atoms with Crippen LogP contribution in [-0.2, 0) is 24.3 Å². The molecule has 1 rings (SSSR count). The van der Waals surface area contributed by atoms with Gasteiger partial charge in [-0.2, -0.15) is 0 Å². The maximum atomic E-state index is 12.0. The van der Waals surface area contributed by atoms with Crippen LogP contribution in [0, 0.1) is 0 Å². The fourth-order valence-electron chi connectivity index (χ4n) is 1.70. The summed E-state index contributed by atoms with van der Waals surface area (Å²) in [6, 6.07) is 6.31. The van der Waals surface area contributed by atoms with Gasteiger partial charge in [0.2, 0.25) is 21.8 Å². The van der Waals surface area contributed by atoms with E-state index >= 15 is 0 Å². The number of ether oxygens (including phenoxy) is 1. The van der Waals surface area contributed by atoms with Gasteiger partial charge >= 0.3 is 0 Å². The Hall–Kier alpha value is -2.13. The Balaban J connectivity index is 2.54.